The molecule has 3 heterocycles. The van der Waals surface area contributed by atoms with Crippen molar-refractivity contribution in [1.82, 2.24) is 15.2 Å². The number of hydrogen-bond donors (Lipinski definition) is 2. The molecule has 2 aliphatic heterocycles. The number of aromatic nitrogens is 1. The molecule has 0 saturated carbocycles. The summed E-state index contributed by atoms with van der Waals surface area (Å²) in [6.07, 6.45) is 9.63. The van der Waals surface area contributed by atoms with Crippen LogP contribution in [0.3, 0.4) is 0 Å². The molecule has 1 unspecified atom stereocenters. The van der Waals surface area contributed by atoms with Gasteiger partial charge in [-0.3, -0.25) is 14.4 Å². The van der Waals surface area contributed by atoms with Crippen molar-refractivity contribution in [3.05, 3.63) is 23.4 Å². The normalized spacial score (nSPS) is 18.5. The van der Waals surface area contributed by atoms with Gasteiger partial charge >= 0.3 is 5.97 Å². The molecule has 1 fully saturated rings. The van der Waals surface area contributed by atoms with Crippen LogP contribution < -0.4 is 10.6 Å². The SMILES string of the molecule is C#C[C@H](CC(=O)OCC)NC(=O)CN1CCC(CCc2ccc3c(n2)NCCC3)C1=O. The zero-order valence-corrected chi connectivity index (χ0v) is 18.0. The van der Waals surface area contributed by atoms with E-state index in [0.29, 0.717) is 13.0 Å². The Labute approximate surface area is 183 Å². The van der Waals surface area contributed by atoms with E-state index in [1.807, 2.05) is 6.07 Å². The van der Waals surface area contributed by atoms with Gasteiger partial charge in [0.1, 0.15) is 11.9 Å². The van der Waals surface area contributed by atoms with Crippen LogP contribution in [0.15, 0.2) is 12.1 Å². The van der Waals surface area contributed by atoms with Crippen LogP contribution in [0.5, 0.6) is 0 Å². The Hall–Kier alpha value is -3.08. The number of carbonyl (C=O) groups is 3. The number of pyridine rings is 1. The van der Waals surface area contributed by atoms with Crippen LogP contribution in [0.2, 0.25) is 0 Å². The smallest absolute Gasteiger partial charge is 0.308 e. The van der Waals surface area contributed by atoms with Crippen molar-refractivity contribution in [3.8, 4) is 12.3 Å². The van der Waals surface area contributed by atoms with Gasteiger partial charge in [-0.15, -0.1) is 6.42 Å². The van der Waals surface area contributed by atoms with Gasteiger partial charge in [0.25, 0.3) is 0 Å². The third-order valence-corrected chi connectivity index (χ3v) is 5.66. The van der Waals surface area contributed by atoms with Crippen LogP contribution in [-0.2, 0) is 32.0 Å². The van der Waals surface area contributed by atoms with Crippen molar-refractivity contribution < 1.29 is 19.1 Å². The lowest BCUT2D eigenvalue weighted by Crippen LogP contribution is -2.43. The van der Waals surface area contributed by atoms with Crippen LogP contribution in [0.1, 0.15) is 43.9 Å². The Balaban J connectivity index is 1.45. The average molecular weight is 427 g/mol. The summed E-state index contributed by atoms with van der Waals surface area (Å²) in [4.78, 5) is 42.8. The van der Waals surface area contributed by atoms with Crippen molar-refractivity contribution in [2.24, 2.45) is 5.92 Å². The number of anilines is 1. The van der Waals surface area contributed by atoms with Gasteiger partial charge in [0.2, 0.25) is 11.8 Å². The lowest BCUT2D eigenvalue weighted by atomic mass is 9.99. The first kappa shape index (κ1) is 22.6. The zero-order valence-electron chi connectivity index (χ0n) is 18.0. The minimum atomic E-state index is -0.747. The Morgan fingerprint density at radius 2 is 2.29 bits per heavy atom. The van der Waals surface area contributed by atoms with E-state index in [9.17, 15) is 14.4 Å². The molecular weight excluding hydrogens is 396 g/mol. The van der Waals surface area contributed by atoms with Crippen molar-refractivity contribution in [1.29, 1.82) is 0 Å². The molecule has 1 aromatic rings. The largest absolute Gasteiger partial charge is 0.466 e. The Morgan fingerprint density at radius 1 is 1.45 bits per heavy atom. The van der Waals surface area contributed by atoms with Crippen LogP contribution in [0.4, 0.5) is 5.82 Å². The first-order chi connectivity index (χ1) is 15.0. The number of rotatable bonds is 9. The molecule has 1 saturated heterocycles. The molecule has 0 aliphatic carbocycles. The summed E-state index contributed by atoms with van der Waals surface area (Å²) in [7, 11) is 0. The number of ether oxygens (including phenoxy) is 1. The molecule has 3 rings (SSSR count). The molecule has 0 radical (unpaired) electrons. The van der Waals surface area contributed by atoms with Gasteiger partial charge in [-0.2, -0.15) is 0 Å². The second-order valence-corrected chi connectivity index (χ2v) is 7.92. The molecule has 8 nitrogen and oxygen atoms in total. The first-order valence-electron chi connectivity index (χ1n) is 10.9. The molecule has 2 aliphatic rings. The number of likely N-dealkylation sites (tertiary alicyclic amines) is 1. The molecule has 2 N–H and O–H groups in total. The summed E-state index contributed by atoms with van der Waals surface area (Å²) < 4.78 is 4.85. The Morgan fingerprint density at radius 3 is 3.06 bits per heavy atom. The molecule has 2 amide bonds. The molecule has 8 heteroatoms. The van der Waals surface area contributed by atoms with E-state index in [1.165, 1.54) is 5.56 Å². The predicted octanol–water partition coefficient (Wildman–Crippen LogP) is 1.29. The van der Waals surface area contributed by atoms with Gasteiger partial charge in [-0.25, -0.2) is 4.98 Å². The maximum atomic E-state index is 12.7. The average Bonchev–Trinajstić information content (AvgIpc) is 3.10. The van der Waals surface area contributed by atoms with E-state index >= 15 is 0 Å². The van der Waals surface area contributed by atoms with Gasteiger partial charge in [0, 0.05) is 24.7 Å². The highest BCUT2D eigenvalue weighted by Gasteiger charge is 2.32. The predicted molar refractivity (Wildman–Crippen MR) is 116 cm³/mol. The molecule has 31 heavy (non-hydrogen) atoms. The maximum absolute atomic E-state index is 12.7. The number of fused-ring (bicyclic) bond motifs is 1. The van der Waals surface area contributed by atoms with E-state index in [-0.39, 0.29) is 37.3 Å². The highest BCUT2D eigenvalue weighted by Crippen LogP contribution is 2.24. The number of hydrogen-bond acceptors (Lipinski definition) is 6. The Kier molecular flexibility index (Phi) is 7.88. The van der Waals surface area contributed by atoms with Crippen molar-refractivity contribution >= 4 is 23.6 Å². The number of carbonyl (C=O) groups excluding carboxylic acids is 3. The zero-order chi connectivity index (χ0) is 22.2. The van der Waals surface area contributed by atoms with Gasteiger partial charge in [0.15, 0.2) is 0 Å². The fourth-order valence-corrected chi connectivity index (χ4v) is 4.01. The van der Waals surface area contributed by atoms with E-state index < -0.39 is 12.0 Å². The number of esters is 1. The van der Waals surface area contributed by atoms with E-state index in [0.717, 1.165) is 43.7 Å². The minimum Gasteiger partial charge on any atom is -0.466 e. The number of nitrogens with one attached hydrogen (secondary N) is 2. The topological polar surface area (TPSA) is 101 Å². The summed E-state index contributed by atoms with van der Waals surface area (Å²) in [6.45, 7) is 3.38. The van der Waals surface area contributed by atoms with Gasteiger partial charge in [-0.1, -0.05) is 12.0 Å². The van der Waals surface area contributed by atoms with Gasteiger partial charge < -0.3 is 20.3 Å². The van der Waals surface area contributed by atoms with E-state index in [1.54, 1.807) is 11.8 Å². The number of nitrogens with zero attached hydrogens (tertiary/aromatic N) is 2. The third-order valence-electron chi connectivity index (χ3n) is 5.66. The Bertz CT molecular complexity index is 864. The molecular formula is C23H30N4O4. The fourth-order valence-electron chi connectivity index (χ4n) is 4.01. The van der Waals surface area contributed by atoms with Crippen LogP contribution in [0.25, 0.3) is 0 Å². The third kappa shape index (κ3) is 6.20. The molecule has 0 aromatic carbocycles. The summed E-state index contributed by atoms with van der Waals surface area (Å²) in [5.41, 5.74) is 2.23. The van der Waals surface area contributed by atoms with Crippen LogP contribution in [0, 0.1) is 18.3 Å². The number of aryl methyl sites for hydroxylation is 2. The molecule has 0 bridgehead atoms. The highest BCUT2D eigenvalue weighted by atomic mass is 16.5. The van der Waals surface area contributed by atoms with Crippen molar-refractivity contribution in [2.75, 3.05) is 31.6 Å². The van der Waals surface area contributed by atoms with Crippen LogP contribution in [-0.4, -0.2) is 60.0 Å². The summed E-state index contributed by atoms with van der Waals surface area (Å²) in [6, 6.07) is 3.42. The second-order valence-electron chi connectivity index (χ2n) is 7.92. The fraction of sp³-hybridized carbons (Fsp3) is 0.565. The monoisotopic (exact) mass is 426 g/mol. The summed E-state index contributed by atoms with van der Waals surface area (Å²) in [5.74, 6) is 2.38. The molecule has 1 aromatic heterocycles. The maximum Gasteiger partial charge on any atom is 0.308 e. The minimum absolute atomic E-state index is 0.0196. The molecule has 0 spiro atoms. The van der Waals surface area contributed by atoms with Crippen LogP contribution >= 0.6 is 0 Å². The quantitative estimate of drug-likeness (QED) is 0.456. The molecule has 166 valence electrons. The van der Waals surface area contributed by atoms with Crippen molar-refractivity contribution in [2.45, 2.75) is 51.5 Å². The van der Waals surface area contributed by atoms with Crippen molar-refractivity contribution in [3.63, 3.8) is 0 Å². The van der Waals surface area contributed by atoms with Gasteiger partial charge in [0.05, 0.1) is 19.6 Å². The van der Waals surface area contributed by atoms with E-state index in [2.05, 4.69) is 27.6 Å². The lowest BCUT2D eigenvalue weighted by Gasteiger charge is -2.19. The standard InChI is InChI=1S/C23H30N4O4/c1-3-18(14-21(29)31-4-2)25-20(28)15-27-13-11-17(23(27)30)8-10-19-9-7-16-6-5-12-24-22(16)26-19/h1,7,9,17-18H,4-6,8,10-15H2,2H3,(H,24,26)(H,25,28)/t17?,18-/m1/s1. The first-order valence-corrected chi connectivity index (χ1v) is 10.9. The van der Waals surface area contributed by atoms with E-state index in [4.69, 9.17) is 11.2 Å². The second kappa shape index (κ2) is 10.8. The summed E-state index contributed by atoms with van der Waals surface area (Å²) in [5, 5.41) is 5.95. The number of terminal acetylenes is 1. The van der Waals surface area contributed by atoms with Gasteiger partial charge in [-0.05, 0) is 50.7 Å². The summed E-state index contributed by atoms with van der Waals surface area (Å²) >= 11 is 0. The number of amides is 2. The highest BCUT2D eigenvalue weighted by molar-refractivity contribution is 5.87. The molecule has 2 atom stereocenters. The lowest BCUT2D eigenvalue weighted by molar-refractivity contribution is -0.143.